The maximum atomic E-state index is 12.0. The Balaban J connectivity index is 1.57. The summed E-state index contributed by atoms with van der Waals surface area (Å²) in [6.45, 7) is 0.599. The van der Waals surface area contributed by atoms with Gasteiger partial charge in [0.15, 0.2) is 11.5 Å². The van der Waals surface area contributed by atoms with Gasteiger partial charge in [0.1, 0.15) is 5.69 Å². The van der Waals surface area contributed by atoms with Gasteiger partial charge in [0.2, 0.25) is 5.76 Å². The van der Waals surface area contributed by atoms with Crippen molar-refractivity contribution in [2.24, 2.45) is 0 Å². The van der Waals surface area contributed by atoms with Crippen molar-refractivity contribution in [1.29, 1.82) is 0 Å². The minimum Gasteiger partial charge on any atom is -0.461 e. The predicted molar refractivity (Wildman–Crippen MR) is 67.8 cm³/mol. The van der Waals surface area contributed by atoms with E-state index >= 15 is 0 Å². The predicted octanol–water partition coefficient (Wildman–Crippen LogP) is 2.19. The van der Waals surface area contributed by atoms with Crippen molar-refractivity contribution < 1.29 is 13.7 Å². The first kappa shape index (κ1) is 12.3. The number of carbonyl (C=O) groups excluding carboxylic acids is 1. The molecule has 0 radical (unpaired) electrons. The Morgan fingerprint density at radius 2 is 2.10 bits per heavy atom. The quantitative estimate of drug-likeness (QED) is 0.639. The molecule has 3 heterocycles. The average Bonchev–Trinajstić information content (AvgIpc) is 3.20. The molecule has 0 bridgehead atoms. The number of aryl methyl sites for hydroxylation is 1. The molecule has 0 aliphatic rings. The van der Waals surface area contributed by atoms with Crippen molar-refractivity contribution in [3.05, 3.63) is 42.5 Å². The van der Waals surface area contributed by atoms with Crippen LogP contribution in [0.5, 0.6) is 0 Å². The minimum absolute atomic E-state index is 0.0706. The Bertz CT molecular complexity index is 670. The van der Waals surface area contributed by atoms with Crippen LogP contribution in [0.3, 0.4) is 0 Å². The fourth-order valence-electron chi connectivity index (χ4n) is 1.81. The van der Waals surface area contributed by atoms with Gasteiger partial charge in [0.25, 0.3) is 0 Å². The van der Waals surface area contributed by atoms with Crippen LogP contribution in [0.2, 0.25) is 0 Å². The summed E-state index contributed by atoms with van der Waals surface area (Å²) < 4.78 is 10.3. The van der Waals surface area contributed by atoms with Gasteiger partial charge in [-0.15, -0.1) is 0 Å². The van der Waals surface area contributed by atoms with E-state index in [1.54, 1.807) is 35.4 Å². The van der Waals surface area contributed by atoms with Crippen LogP contribution >= 0.6 is 0 Å². The summed E-state index contributed by atoms with van der Waals surface area (Å²) in [5.74, 6) is 0.933. The van der Waals surface area contributed by atoms with Gasteiger partial charge in [-0.05, 0) is 18.6 Å². The third-order valence-corrected chi connectivity index (χ3v) is 2.79. The number of rotatable bonds is 6. The second-order valence-electron chi connectivity index (χ2n) is 4.21. The van der Waals surface area contributed by atoms with Crippen molar-refractivity contribution in [3.63, 3.8) is 0 Å². The van der Waals surface area contributed by atoms with Crippen molar-refractivity contribution in [1.82, 2.24) is 20.2 Å². The summed E-state index contributed by atoms with van der Waals surface area (Å²) in [4.78, 5) is 13.5. The monoisotopic (exact) mass is 272 g/mol. The summed E-state index contributed by atoms with van der Waals surface area (Å²) >= 11 is 0. The van der Waals surface area contributed by atoms with Gasteiger partial charge in [0, 0.05) is 12.5 Å². The van der Waals surface area contributed by atoms with Gasteiger partial charge in [-0.25, -0.2) is 0 Å². The Kier molecular flexibility index (Phi) is 3.40. The smallest absolute Gasteiger partial charge is 0.202 e. The Morgan fingerprint density at radius 3 is 2.85 bits per heavy atom. The maximum absolute atomic E-state index is 12.0. The third kappa shape index (κ3) is 2.66. The fourth-order valence-corrected chi connectivity index (χ4v) is 1.81. The molecule has 0 unspecified atom stereocenters. The summed E-state index contributed by atoms with van der Waals surface area (Å²) in [7, 11) is 0. The number of carbonyl (C=O) groups is 1. The molecule has 102 valence electrons. The molecule has 0 atom stereocenters. The molecule has 3 rings (SSSR count). The van der Waals surface area contributed by atoms with E-state index in [0.717, 1.165) is 0 Å². The van der Waals surface area contributed by atoms with Crippen molar-refractivity contribution in [3.8, 4) is 11.5 Å². The zero-order valence-electron chi connectivity index (χ0n) is 10.6. The highest BCUT2D eigenvalue weighted by molar-refractivity contribution is 5.94. The van der Waals surface area contributed by atoms with Crippen LogP contribution in [-0.2, 0) is 6.54 Å². The lowest BCUT2D eigenvalue weighted by Crippen LogP contribution is -2.06. The van der Waals surface area contributed by atoms with Gasteiger partial charge in [-0.1, -0.05) is 5.16 Å². The van der Waals surface area contributed by atoms with E-state index in [1.807, 2.05) is 0 Å². The molecule has 3 aromatic rings. The lowest BCUT2D eigenvalue weighted by atomic mass is 10.1. The Morgan fingerprint density at radius 1 is 1.25 bits per heavy atom. The Labute approximate surface area is 114 Å². The van der Waals surface area contributed by atoms with E-state index in [-0.39, 0.29) is 5.78 Å². The highest BCUT2D eigenvalue weighted by Crippen LogP contribution is 2.21. The zero-order chi connectivity index (χ0) is 13.8. The molecule has 0 saturated heterocycles. The number of Topliss-reactive ketones (excluding diaryl/α,β-unsaturated/α-hetero) is 1. The molecule has 0 amide bonds. The number of furan rings is 1. The largest absolute Gasteiger partial charge is 0.461 e. The standard InChI is InChI=1S/C13H12N4O3/c18-11(3-1-7-17-14-5-6-15-17)10-9-13(20-16-10)12-4-2-8-19-12/h2,4-6,8-9H,1,3,7H2. The summed E-state index contributed by atoms with van der Waals surface area (Å²) in [6, 6.07) is 5.09. The molecule has 0 aromatic carbocycles. The minimum atomic E-state index is -0.0706. The van der Waals surface area contributed by atoms with Gasteiger partial charge >= 0.3 is 0 Å². The van der Waals surface area contributed by atoms with Gasteiger partial charge in [-0.2, -0.15) is 15.0 Å². The molecule has 0 saturated carbocycles. The van der Waals surface area contributed by atoms with Crippen LogP contribution in [0.25, 0.3) is 11.5 Å². The molecule has 0 fully saturated rings. The van der Waals surface area contributed by atoms with Crippen molar-refractivity contribution in [2.75, 3.05) is 0 Å². The average molecular weight is 272 g/mol. The fraction of sp³-hybridized carbons (Fsp3) is 0.231. The second-order valence-corrected chi connectivity index (χ2v) is 4.21. The first-order chi connectivity index (χ1) is 9.83. The highest BCUT2D eigenvalue weighted by atomic mass is 16.5. The molecular formula is C13H12N4O3. The molecule has 7 heteroatoms. The van der Waals surface area contributed by atoms with Crippen molar-refractivity contribution >= 4 is 5.78 Å². The first-order valence-electron chi connectivity index (χ1n) is 6.21. The molecule has 0 aliphatic carbocycles. The molecule has 20 heavy (non-hydrogen) atoms. The van der Waals surface area contributed by atoms with Gasteiger partial charge < -0.3 is 8.94 Å². The van der Waals surface area contributed by atoms with E-state index in [9.17, 15) is 4.79 Å². The normalized spacial score (nSPS) is 10.8. The molecule has 3 aromatic heterocycles. The first-order valence-corrected chi connectivity index (χ1v) is 6.21. The topological polar surface area (TPSA) is 87.0 Å². The number of ketones is 1. The molecular weight excluding hydrogens is 260 g/mol. The van der Waals surface area contributed by atoms with Crippen LogP contribution < -0.4 is 0 Å². The molecule has 0 aliphatic heterocycles. The van der Waals surface area contributed by atoms with Crippen LogP contribution in [0.15, 0.2) is 45.8 Å². The van der Waals surface area contributed by atoms with E-state index in [4.69, 9.17) is 8.94 Å². The van der Waals surface area contributed by atoms with E-state index < -0.39 is 0 Å². The van der Waals surface area contributed by atoms with Crippen LogP contribution in [0.1, 0.15) is 23.3 Å². The summed E-state index contributed by atoms with van der Waals surface area (Å²) in [5, 5.41) is 11.7. The third-order valence-electron chi connectivity index (χ3n) is 2.79. The molecule has 7 nitrogen and oxygen atoms in total. The van der Waals surface area contributed by atoms with E-state index in [2.05, 4.69) is 15.4 Å². The van der Waals surface area contributed by atoms with Crippen LogP contribution in [-0.4, -0.2) is 25.9 Å². The highest BCUT2D eigenvalue weighted by Gasteiger charge is 2.14. The number of aromatic nitrogens is 4. The zero-order valence-corrected chi connectivity index (χ0v) is 10.6. The number of nitrogens with zero attached hydrogens (tertiary/aromatic N) is 4. The lowest BCUT2D eigenvalue weighted by Gasteiger charge is -1.97. The van der Waals surface area contributed by atoms with Gasteiger partial charge in [0.05, 0.1) is 25.2 Å². The van der Waals surface area contributed by atoms with Crippen molar-refractivity contribution in [2.45, 2.75) is 19.4 Å². The van der Waals surface area contributed by atoms with E-state index in [1.165, 1.54) is 6.26 Å². The SMILES string of the molecule is O=C(CCCn1nccn1)c1cc(-c2ccco2)on1. The summed E-state index contributed by atoms with van der Waals surface area (Å²) in [5.41, 5.74) is 0.310. The van der Waals surface area contributed by atoms with E-state index in [0.29, 0.717) is 36.6 Å². The number of hydrogen-bond acceptors (Lipinski definition) is 6. The number of hydrogen-bond donors (Lipinski definition) is 0. The van der Waals surface area contributed by atoms with Gasteiger partial charge in [-0.3, -0.25) is 4.79 Å². The second kappa shape index (κ2) is 5.52. The lowest BCUT2D eigenvalue weighted by molar-refractivity contribution is 0.0969. The van der Waals surface area contributed by atoms with Crippen LogP contribution in [0.4, 0.5) is 0 Å². The molecule has 0 N–H and O–H groups in total. The Hall–Kier alpha value is -2.70. The summed E-state index contributed by atoms with van der Waals surface area (Å²) in [6.07, 6.45) is 5.77. The van der Waals surface area contributed by atoms with Crippen LogP contribution in [0, 0.1) is 0 Å². The molecule has 0 spiro atoms. The maximum Gasteiger partial charge on any atom is 0.202 e.